The molecule has 0 bridgehead atoms. The summed E-state index contributed by atoms with van der Waals surface area (Å²) < 4.78 is 8.33. The third-order valence-electron chi connectivity index (χ3n) is 6.18. The third-order valence-corrected chi connectivity index (χ3v) is 6.18. The number of terminal acetylenes is 1. The molecular weight excluding hydrogens is 484 g/mol. The summed E-state index contributed by atoms with van der Waals surface area (Å²) in [5.74, 6) is 3.92. The third kappa shape index (κ3) is 3.81. The van der Waals surface area contributed by atoms with Crippen LogP contribution in [0.25, 0.3) is 33.2 Å². The average Bonchev–Trinajstić information content (AvgIpc) is 3.49. The lowest BCUT2D eigenvalue weighted by Crippen LogP contribution is -2.28. The number of anilines is 1. The molecule has 38 heavy (non-hydrogen) atoms. The van der Waals surface area contributed by atoms with Crippen molar-refractivity contribution in [3.8, 4) is 29.4 Å². The number of rotatable bonds is 5. The highest BCUT2D eigenvalue weighted by Gasteiger charge is 2.21. The maximum atomic E-state index is 13.8. The van der Waals surface area contributed by atoms with Crippen LogP contribution in [-0.2, 0) is 13.1 Å². The second-order valence-corrected chi connectivity index (χ2v) is 8.71. The van der Waals surface area contributed by atoms with Gasteiger partial charge in [0.2, 0.25) is 0 Å². The molecule has 11 nitrogen and oxygen atoms in total. The number of benzene rings is 2. The van der Waals surface area contributed by atoms with Gasteiger partial charge in [-0.25, -0.2) is 19.6 Å². The molecular formula is C27H20N8O3. The van der Waals surface area contributed by atoms with Crippen molar-refractivity contribution in [2.45, 2.75) is 20.0 Å². The van der Waals surface area contributed by atoms with Crippen molar-refractivity contribution in [3.63, 3.8) is 0 Å². The highest BCUT2D eigenvalue weighted by atomic mass is 16.5. The van der Waals surface area contributed by atoms with E-state index in [1.807, 2.05) is 0 Å². The number of nitrogens with two attached hydrogens (primary N) is 1. The smallest absolute Gasteiger partial charge is 0.263 e. The highest BCUT2D eigenvalue weighted by molar-refractivity contribution is 5.98. The molecule has 186 valence electrons. The summed E-state index contributed by atoms with van der Waals surface area (Å²) in [6.07, 6.45) is 7.03. The molecule has 4 aromatic heterocycles. The molecule has 0 saturated carbocycles. The second kappa shape index (κ2) is 8.86. The Morgan fingerprint density at radius 3 is 2.71 bits per heavy atom. The number of aryl methyl sites for hydroxylation is 1. The van der Waals surface area contributed by atoms with Crippen molar-refractivity contribution in [2.24, 2.45) is 0 Å². The molecule has 0 spiro atoms. The van der Waals surface area contributed by atoms with E-state index in [9.17, 15) is 9.90 Å². The summed E-state index contributed by atoms with van der Waals surface area (Å²) in [4.78, 5) is 27.1. The molecule has 11 heteroatoms. The highest BCUT2D eigenvalue weighted by Crippen LogP contribution is 2.32. The molecule has 4 heterocycles. The van der Waals surface area contributed by atoms with E-state index < -0.39 is 0 Å². The molecule has 0 aliphatic heterocycles. The SMILES string of the molecule is C#Cc1cccc2nc(Cn3nc(-c4cccc(O)c4)c4c(N)ncnc43)n(Cc3cc(C)on3)c(=O)c12. The van der Waals surface area contributed by atoms with Crippen molar-refractivity contribution in [1.29, 1.82) is 0 Å². The van der Waals surface area contributed by atoms with Crippen molar-refractivity contribution >= 4 is 27.8 Å². The van der Waals surface area contributed by atoms with Gasteiger partial charge in [-0.1, -0.05) is 29.3 Å². The lowest BCUT2D eigenvalue weighted by molar-refractivity contribution is 0.388. The van der Waals surface area contributed by atoms with Crippen LogP contribution < -0.4 is 11.3 Å². The Labute approximate surface area is 215 Å². The fourth-order valence-electron chi connectivity index (χ4n) is 4.50. The minimum absolute atomic E-state index is 0.0774. The van der Waals surface area contributed by atoms with E-state index in [0.29, 0.717) is 56.0 Å². The number of fused-ring (bicyclic) bond motifs is 2. The Kier molecular flexibility index (Phi) is 5.35. The topological polar surface area (TPSA) is 151 Å². The van der Waals surface area contributed by atoms with Crippen LogP contribution in [-0.4, -0.2) is 39.6 Å². The standard InChI is InChI=1S/C27H20N8O3/c1-3-16-6-5-9-20-22(16)27(37)34(12-18-10-15(2)38-33-18)21(31-20)13-35-26-23(25(28)29-14-30-26)24(32-35)17-7-4-8-19(36)11-17/h1,4-11,14,36H,12-13H2,2H3,(H2,28,29,30). The zero-order chi connectivity index (χ0) is 26.4. The van der Waals surface area contributed by atoms with Crippen molar-refractivity contribution in [2.75, 3.05) is 5.73 Å². The molecule has 0 aliphatic carbocycles. The number of nitrogen functional groups attached to an aromatic ring is 1. The maximum Gasteiger partial charge on any atom is 0.263 e. The van der Waals surface area contributed by atoms with E-state index in [1.54, 1.807) is 60.1 Å². The van der Waals surface area contributed by atoms with Crippen LogP contribution in [0.3, 0.4) is 0 Å². The number of phenols is 1. The van der Waals surface area contributed by atoms with E-state index in [1.165, 1.54) is 10.9 Å². The average molecular weight is 505 g/mol. The Hall–Kier alpha value is -5.50. The van der Waals surface area contributed by atoms with Gasteiger partial charge in [0.25, 0.3) is 5.56 Å². The van der Waals surface area contributed by atoms with E-state index in [2.05, 4.69) is 21.0 Å². The summed E-state index contributed by atoms with van der Waals surface area (Å²) in [5.41, 5.74) is 8.97. The van der Waals surface area contributed by atoms with Gasteiger partial charge in [-0.2, -0.15) is 5.10 Å². The predicted octanol–water partition coefficient (Wildman–Crippen LogP) is 2.87. The van der Waals surface area contributed by atoms with Crippen LogP contribution in [0.4, 0.5) is 5.82 Å². The summed E-state index contributed by atoms with van der Waals surface area (Å²) in [6.45, 7) is 1.97. The summed E-state index contributed by atoms with van der Waals surface area (Å²) >= 11 is 0. The molecule has 0 fully saturated rings. The second-order valence-electron chi connectivity index (χ2n) is 8.71. The van der Waals surface area contributed by atoms with Gasteiger partial charge in [0.15, 0.2) is 5.65 Å². The lowest BCUT2D eigenvalue weighted by atomic mass is 10.1. The van der Waals surface area contributed by atoms with Gasteiger partial charge in [0.1, 0.15) is 47.4 Å². The summed E-state index contributed by atoms with van der Waals surface area (Å²) in [6, 6.07) is 13.6. The molecule has 0 unspecified atom stereocenters. The first-order chi connectivity index (χ1) is 18.4. The minimum Gasteiger partial charge on any atom is -0.508 e. The van der Waals surface area contributed by atoms with E-state index >= 15 is 0 Å². The van der Waals surface area contributed by atoms with Gasteiger partial charge in [-0.15, -0.1) is 6.42 Å². The van der Waals surface area contributed by atoms with Crippen LogP contribution in [0, 0.1) is 19.3 Å². The number of aromatic hydroxyl groups is 1. The number of phenolic OH excluding ortho intramolecular Hbond substituents is 1. The number of aromatic nitrogens is 7. The Balaban J connectivity index is 1.57. The first-order valence-corrected chi connectivity index (χ1v) is 11.6. The molecule has 0 radical (unpaired) electrons. The van der Waals surface area contributed by atoms with Gasteiger partial charge in [-0.3, -0.25) is 9.36 Å². The molecule has 0 atom stereocenters. The predicted molar refractivity (Wildman–Crippen MR) is 140 cm³/mol. The Morgan fingerprint density at radius 2 is 1.95 bits per heavy atom. The van der Waals surface area contributed by atoms with Gasteiger partial charge in [0, 0.05) is 17.2 Å². The molecule has 2 aromatic carbocycles. The van der Waals surface area contributed by atoms with Crippen LogP contribution in [0.1, 0.15) is 22.8 Å². The maximum absolute atomic E-state index is 13.8. The zero-order valence-corrected chi connectivity index (χ0v) is 20.2. The zero-order valence-electron chi connectivity index (χ0n) is 20.2. The molecule has 6 aromatic rings. The quantitative estimate of drug-likeness (QED) is 0.338. The number of nitrogens with zero attached hydrogens (tertiary/aromatic N) is 7. The molecule has 3 N–H and O–H groups in total. The fourth-order valence-corrected chi connectivity index (χ4v) is 4.50. The molecule has 0 aliphatic rings. The monoisotopic (exact) mass is 504 g/mol. The minimum atomic E-state index is -0.307. The lowest BCUT2D eigenvalue weighted by Gasteiger charge is -2.13. The fraction of sp³-hybridized carbons (Fsp3) is 0.111. The normalized spacial score (nSPS) is 11.3. The Morgan fingerprint density at radius 1 is 1.11 bits per heavy atom. The van der Waals surface area contributed by atoms with Crippen LogP contribution in [0.5, 0.6) is 5.75 Å². The van der Waals surface area contributed by atoms with Gasteiger partial charge in [-0.05, 0) is 31.2 Å². The van der Waals surface area contributed by atoms with Crippen LogP contribution in [0.15, 0.2) is 64.2 Å². The van der Waals surface area contributed by atoms with E-state index in [0.717, 1.165) is 0 Å². The first kappa shape index (κ1) is 22.9. The van der Waals surface area contributed by atoms with E-state index in [-0.39, 0.29) is 30.2 Å². The van der Waals surface area contributed by atoms with Gasteiger partial charge in [0.05, 0.1) is 22.8 Å². The van der Waals surface area contributed by atoms with Crippen molar-refractivity contribution in [3.05, 3.63) is 88.1 Å². The van der Waals surface area contributed by atoms with Gasteiger partial charge >= 0.3 is 0 Å². The number of hydrogen-bond donors (Lipinski definition) is 2. The number of hydrogen-bond acceptors (Lipinski definition) is 9. The summed E-state index contributed by atoms with van der Waals surface area (Å²) in [5, 5.41) is 19.7. The summed E-state index contributed by atoms with van der Waals surface area (Å²) in [7, 11) is 0. The molecule has 0 amide bonds. The van der Waals surface area contributed by atoms with Crippen molar-refractivity contribution in [1.82, 2.24) is 34.5 Å². The largest absolute Gasteiger partial charge is 0.508 e. The van der Waals surface area contributed by atoms with Crippen LogP contribution >= 0.6 is 0 Å². The van der Waals surface area contributed by atoms with Gasteiger partial charge < -0.3 is 15.4 Å². The van der Waals surface area contributed by atoms with E-state index in [4.69, 9.17) is 26.8 Å². The van der Waals surface area contributed by atoms with Crippen molar-refractivity contribution < 1.29 is 9.63 Å². The van der Waals surface area contributed by atoms with Crippen LogP contribution in [0.2, 0.25) is 0 Å². The Bertz CT molecular complexity index is 1960. The molecule has 6 rings (SSSR count). The first-order valence-electron chi connectivity index (χ1n) is 11.6. The molecule has 0 saturated heterocycles.